The molecule has 0 radical (unpaired) electrons. The van der Waals surface area contributed by atoms with Crippen LogP contribution in [0.2, 0.25) is 0 Å². The van der Waals surface area contributed by atoms with Crippen LogP contribution in [0.4, 0.5) is 0 Å². The minimum Gasteiger partial charge on any atom is -0.471 e. The molecule has 0 spiro atoms. The Morgan fingerprint density at radius 1 is 1.86 bits per heavy atom. The minimum absolute atomic E-state index is 0.0880. The van der Waals surface area contributed by atoms with Crippen molar-refractivity contribution in [1.82, 2.24) is 0 Å². The third-order valence-corrected chi connectivity index (χ3v) is 0.883. The third-order valence-electron chi connectivity index (χ3n) is 0.594. The Morgan fingerprint density at radius 2 is 2.43 bits per heavy atom. The van der Waals surface area contributed by atoms with E-state index < -0.39 is 0 Å². The van der Waals surface area contributed by atoms with E-state index >= 15 is 0 Å². The molecule has 2 nitrogen and oxygen atoms in total. The van der Waals surface area contributed by atoms with E-state index in [9.17, 15) is 4.79 Å². The average Bonchev–Trinajstić information content (AvgIpc) is 1.68. The van der Waals surface area contributed by atoms with Gasteiger partial charge in [0, 0.05) is 6.42 Å². The normalized spacial score (nSPS) is 8.71. The molecule has 3 heteroatoms. The molecule has 0 heterocycles. The van der Waals surface area contributed by atoms with Crippen LogP contribution in [0.5, 0.6) is 0 Å². The van der Waals surface area contributed by atoms with E-state index in [0.717, 1.165) is 10.2 Å². The van der Waals surface area contributed by atoms with Gasteiger partial charge in [0.05, 0.1) is 16.5 Å². The summed E-state index contributed by atoms with van der Waals surface area (Å²) in [7, 11) is 0.948. The molecule has 0 unspecified atom stereocenters. The van der Waals surface area contributed by atoms with E-state index in [1.165, 1.54) is 0 Å². The Morgan fingerprint density at radius 3 is 2.57 bits per heavy atom. The van der Waals surface area contributed by atoms with Gasteiger partial charge in [-0.05, 0) is 0 Å². The van der Waals surface area contributed by atoms with Crippen molar-refractivity contribution in [2.24, 2.45) is 0 Å². The van der Waals surface area contributed by atoms with Gasteiger partial charge < -0.3 is 4.74 Å². The molecule has 0 aliphatic heterocycles. The van der Waals surface area contributed by atoms with E-state index in [2.05, 4.69) is 4.74 Å². The standard InChI is InChI=1S/C4H10O2Si/c1-2-4(5)6-3-7/h2-3H2,1,7H3. The number of hydrogen-bond acceptors (Lipinski definition) is 2. The highest BCUT2D eigenvalue weighted by molar-refractivity contribution is 6.08. The maximum Gasteiger partial charge on any atom is 0.305 e. The lowest BCUT2D eigenvalue weighted by molar-refractivity contribution is -0.141. The van der Waals surface area contributed by atoms with E-state index in [1.54, 1.807) is 6.92 Å². The second-order valence-electron chi connectivity index (χ2n) is 1.16. The molecular weight excluding hydrogens is 108 g/mol. The minimum atomic E-state index is -0.0880. The van der Waals surface area contributed by atoms with Crippen molar-refractivity contribution in [1.29, 1.82) is 0 Å². The number of ether oxygens (including phenoxy) is 1. The SMILES string of the molecule is CCC(=O)OC[SiH3]. The van der Waals surface area contributed by atoms with Gasteiger partial charge in [0.1, 0.15) is 0 Å². The predicted molar refractivity (Wildman–Crippen MR) is 31.2 cm³/mol. The molecule has 7 heavy (non-hydrogen) atoms. The largest absolute Gasteiger partial charge is 0.471 e. The van der Waals surface area contributed by atoms with Gasteiger partial charge in [0.15, 0.2) is 0 Å². The Bertz CT molecular complexity index is 62.7. The first kappa shape index (κ1) is 6.69. The summed E-state index contributed by atoms with van der Waals surface area (Å²) in [4.78, 5) is 10.2. The molecular formula is C4H10O2Si. The van der Waals surface area contributed by atoms with Crippen molar-refractivity contribution in [3.05, 3.63) is 0 Å². The fourth-order valence-corrected chi connectivity index (χ4v) is 0.585. The van der Waals surface area contributed by atoms with Gasteiger partial charge in [0.25, 0.3) is 0 Å². The van der Waals surface area contributed by atoms with Gasteiger partial charge in [-0.2, -0.15) is 0 Å². The summed E-state index contributed by atoms with van der Waals surface area (Å²) in [6, 6.07) is 0. The van der Waals surface area contributed by atoms with Crippen LogP contribution < -0.4 is 0 Å². The molecule has 0 aromatic carbocycles. The molecule has 0 rings (SSSR count). The first-order valence-electron chi connectivity index (χ1n) is 2.46. The van der Waals surface area contributed by atoms with Gasteiger partial charge in [-0.1, -0.05) is 6.92 Å². The Labute approximate surface area is 46.3 Å². The maximum atomic E-state index is 10.2. The summed E-state index contributed by atoms with van der Waals surface area (Å²) in [6.45, 7) is 1.79. The predicted octanol–water partition coefficient (Wildman–Crippen LogP) is -0.738. The van der Waals surface area contributed by atoms with Crippen LogP contribution in [0.1, 0.15) is 13.3 Å². The maximum absolute atomic E-state index is 10.2. The second kappa shape index (κ2) is 3.86. The molecule has 0 saturated heterocycles. The Kier molecular flexibility index (Phi) is 3.69. The number of hydrogen-bond donors (Lipinski definition) is 0. The van der Waals surface area contributed by atoms with Crippen molar-refractivity contribution in [2.45, 2.75) is 13.3 Å². The molecule has 0 aliphatic rings. The fourth-order valence-electron chi connectivity index (χ4n) is 0.263. The first-order chi connectivity index (χ1) is 3.31. The average molecular weight is 118 g/mol. The van der Waals surface area contributed by atoms with Crippen LogP contribution in [0.3, 0.4) is 0 Å². The number of carbonyl (C=O) groups excluding carboxylic acids is 1. The fraction of sp³-hybridized carbons (Fsp3) is 0.750. The Balaban J connectivity index is 3.00. The van der Waals surface area contributed by atoms with Crippen LogP contribution in [-0.4, -0.2) is 22.4 Å². The number of esters is 1. The summed E-state index contributed by atoms with van der Waals surface area (Å²) < 4.78 is 4.61. The summed E-state index contributed by atoms with van der Waals surface area (Å²) in [5.41, 5.74) is 0. The van der Waals surface area contributed by atoms with Crippen LogP contribution >= 0.6 is 0 Å². The number of carbonyl (C=O) groups is 1. The topological polar surface area (TPSA) is 26.3 Å². The van der Waals surface area contributed by atoms with Crippen LogP contribution in [-0.2, 0) is 9.53 Å². The van der Waals surface area contributed by atoms with Crippen molar-refractivity contribution in [3.8, 4) is 0 Å². The zero-order chi connectivity index (χ0) is 5.70. The van der Waals surface area contributed by atoms with E-state index in [4.69, 9.17) is 0 Å². The summed E-state index contributed by atoms with van der Waals surface area (Å²) in [5.74, 6) is -0.0880. The summed E-state index contributed by atoms with van der Waals surface area (Å²) in [5, 5.41) is 0. The molecule has 0 amide bonds. The molecule has 0 bridgehead atoms. The van der Waals surface area contributed by atoms with Gasteiger partial charge >= 0.3 is 5.97 Å². The van der Waals surface area contributed by atoms with E-state index in [-0.39, 0.29) is 5.97 Å². The van der Waals surface area contributed by atoms with Crippen LogP contribution in [0.25, 0.3) is 0 Å². The summed E-state index contributed by atoms with van der Waals surface area (Å²) in [6.07, 6.45) is 1.13. The molecule has 0 aliphatic carbocycles. The second-order valence-corrected chi connectivity index (χ2v) is 1.74. The van der Waals surface area contributed by atoms with Gasteiger partial charge in [-0.15, -0.1) is 0 Å². The lowest BCUT2D eigenvalue weighted by Gasteiger charge is -1.93. The van der Waals surface area contributed by atoms with Gasteiger partial charge in [-0.25, -0.2) is 0 Å². The monoisotopic (exact) mass is 118 g/mol. The lowest BCUT2D eigenvalue weighted by Crippen LogP contribution is -2.02. The lowest BCUT2D eigenvalue weighted by atomic mass is 10.5. The van der Waals surface area contributed by atoms with Gasteiger partial charge in [-0.3, -0.25) is 4.79 Å². The third kappa shape index (κ3) is 3.52. The van der Waals surface area contributed by atoms with Crippen molar-refractivity contribution in [2.75, 3.05) is 6.23 Å². The van der Waals surface area contributed by atoms with E-state index in [0.29, 0.717) is 12.7 Å². The zero-order valence-corrected chi connectivity index (χ0v) is 6.73. The molecule has 0 N–H and O–H groups in total. The molecule has 42 valence electrons. The van der Waals surface area contributed by atoms with Crippen molar-refractivity contribution >= 4 is 16.2 Å². The molecule has 0 saturated carbocycles. The zero-order valence-electron chi connectivity index (χ0n) is 4.73. The quantitative estimate of drug-likeness (QED) is 0.353. The smallest absolute Gasteiger partial charge is 0.305 e. The van der Waals surface area contributed by atoms with Crippen molar-refractivity contribution in [3.63, 3.8) is 0 Å². The molecule has 0 aromatic rings. The van der Waals surface area contributed by atoms with Crippen molar-refractivity contribution < 1.29 is 9.53 Å². The van der Waals surface area contributed by atoms with Gasteiger partial charge in [0.2, 0.25) is 0 Å². The first-order valence-corrected chi connectivity index (χ1v) is 3.88. The number of rotatable bonds is 2. The highest BCUT2D eigenvalue weighted by Crippen LogP contribution is 1.79. The Hall–Kier alpha value is -0.313. The molecule has 0 fully saturated rings. The van der Waals surface area contributed by atoms with Crippen LogP contribution in [0.15, 0.2) is 0 Å². The van der Waals surface area contributed by atoms with E-state index in [1.807, 2.05) is 0 Å². The van der Waals surface area contributed by atoms with Crippen LogP contribution in [0, 0.1) is 0 Å². The highest BCUT2D eigenvalue weighted by atomic mass is 28.1. The molecule has 0 atom stereocenters. The summed E-state index contributed by atoms with van der Waals surface area (Å²) >= 11 is 0. The molecule has 0 aromatic heterocycles. The highest BCUT2D eigenvalue weighted by Gasteiger charge is 1.91.